The molecule has 1 aliphatic heterocycles. The molecule has 0 unspecified atom stereocenters. The molecule has 0 aromatic heterocycles. The average Bonchev–Trinajstić information content (AvgIpc) is 2.48. The van der Waals surface area contributed by atoms with Crippen LogP contribution in [-0.2, 0) is 0 Å². The molecule has 0 atom stereocenters. The summed E-state index contributed by atoms with van der Waals surface area (Å²) in [5.41, 5.74) is 1.41. The van der Waals surface area contributed by atoms with Crippen LogP contribution >= 0.6 is 27.3 Å². The molecule has 1 aromatic rings. The molecule has 20 heavy (non-hydrogen) atoms. The smallest absolute Gasteiger partial charge is 0.198 e. The van der Waals surface area contributed by atoms with Crippen LogP contribution in [0, 0.1) is 0 Å². The van der Waals surface area contributed by atoms with E-state index in [0.717, 1.165) is 20.8 Å². The first-order valence-corrected chi connectivity index (χ1v) is 7.40. The molecule has 2 aliphatic rings. The Morgan fingerprint density at radius 1 is 1.20 bits per heavy atom. The summed E-state index contributed by atoms with van der Waals surface area (Å²) < 4.78 is 11.9. The summed E-state index contributed by atoms with van der Waals surface area (Å²) in [5, 5.41) is 0. The van der Waals surface area contributed by atoms with Gasteiger partial charge in [-0.15, -0.1) is 11.3 Å². The maximum atomic E-state index is 11.9. The number of halogens is 1. The molecule has 0 N–H and O–H groups in total. The minimum atomic E-state index is -0.116. The Bertz CT molecular complexity index is 831. The SMILES string of the molecule is COc1ccc2nc3c(OC)cc(=O)c(Br)c-3sc2c1. The molecule has 0 radical (unpaired) electrons. The van der Waals surface area contributed by atoms with Gasteiger partial charge in [-0.2, -0.15) is 0 Å². The predicted molar refractivity (Wildman–Crippen MR) is 83.3 cm³/mol. The fourth-order valence-corrected chi connectivity index (χ4v) is 3.55. The van der Waals surface area contributed by atoms with Crippen molar-refractivity contribution < 1.29 is 9.47 Å². The number of benzene rings is 2. The number of fused-ring (bicyclic) bond motifs is 2. The van der Waals surface area contributed by atoms with Gasteiger partial charge in [0.2, 0.25) is 0 Å². The van der Waals surface area contributed by atoms with Gasteiger partial charge in [0, 0.05) is 6.07 Å². The van der Waals surface area contributed by atoms with Crippen molar-refractivity contribution in [1.29, 1.82) is 0 Å². The molecule has 0 spiro atoms. The first kappa shape index (κ1) is 13.3. The molecule has 4 nitrogen and oxygen atoms in total. The summed E-state index contributed by atoms with van der Waals surface area (Å²) in [4.78, 5) is 17.3. The Hall–Kier alpha value is -1.66. The number of rotatable bonds is 2. The molecular weight excluding hydrogens is 342 g/mol. The van der Waals surface area contributed by atoms with E-state index in [2.05, 4.69) is 20.9 Å². The molecule has 1 aromatic carbocycles. The van der Waals surface area contributed by atoms with Crippen molar-refractivity contribution in [2.24, 2.45) is 0 Å². The zero-order valence-corrected chi connectivity index (χ0v) is 13.2. The maximum absolute atomic E-state index is 11.9. The van der Waals surface area contributed by atoms with Crippen LogP contribution in [-0.4, -0.2) is 19.2 Å². The van der Waals surface area contributed by atoms with Crippen molar-refractivity contribution in [3.63, 3.8) is 0 Å². The molecule has 6 heteroatoms. The summed E-state index contributed by atoms with van der Waals surface area (Å²) in [5.74, 6) is 1.25. The number of ether oxygens (including phenoxy) is 2. The van der Waals surface area contributed by atoms with Crippen LogP contribution in [0.3, 0.4) is 0 Å². The lowest BCUT2D eigenvalue weighted by Crippen LogP contribution is -2.05. The van der Waals surface area contributed by atoms with E-state index in [0.29, 0.717) is 15.9 Å². The fourth-order valence-electron chi connectivity index (χ4n) is 1.96. The van der Waals surface area contributed by atoms with E-state index in [-0.39, 0.29) is 5.43 Å². The Labute approximate surface area is 127 Å². The molecule has 102 valence electrons. The van der Waals surface area contributed by atoms with Crippen LogP contribution in [0.4, 0.5) is 0 Å². The summed E-state index contributed by atoms with van der Waals surface area (Å²) in [6.45, 7) is 0. The molecule has 1 aliphatic carbocycles. The van der Waals surface area contributed by atoms with Crippen molar-refractivity contribution in [3.8, 4) is 22.1 Å². The van der Waals surface area contributed by atoms with Crippen LogP contribution in [0.25, 0.3) is 20.8 Å². The van der Waals surface area contributed by atoms with Crippen molar-refractivity contribution in [3.05, 3.63) is 39.0 Å². The zero-order valence-electron chi connectivity index (χ0n) is 10.8. The number of hydrogen-bond acceptors (Lipinski definition) is 5. The summed E-state index contributed by atoms with van der Waals surface area (Å²) in [6.07, 6.45) is 0. The van der Waals surface area contributed by atoms with Gasteiger partial charge < -0.3 is 9.47 Å². The number of aromatic nitrogens is 1. The van der Waals surface area contributed by atoms with E-state index in [1.807, 2.05) is 18.2 Å². The lowest BCUT2D eigenvalue weighted by atomic mass is 10.2. The molecule has 0 saturated heterocycles. The van der Waals surface area contributed by atoms with E-state index >= 15 is 0 Å². The lowest BCUT2D eigenvalue weighted by Gasteiger charge is -2.12. The van der Waals surface area contributed by atoms with Crippen molar-refractivity contribution in [2.45, 2.75) is 0 Å². The quantitative estimate of drug-likeness (QED) is 0.662. The summed E-state index contributed by atoms with van der Waals surface area (Å²) in [7, 11) is 3.15. The monoisotopic (exact) mass is 351 g/mol. The van der Waals surface area contributed by atoms with Crippen LogP contribution in [0.15, 0.2) is 33.5 Å². The first-order valence-electron chi connectivity index (χ1n) is 5.79. The van der Waals surface area contributed by atoms with E-state index in [4.69, 9.17) is 9.47 Å². The number of methoxy groups -OCH3 is 2. The van der Waals surface area contributed by atoms with Crippen LogP contribution in [0.2, 0.25) is 0 Å². The predicted octanol–water partition coefficient (Wildman–Crippen LogP) is 3.54. The number of hydrogen-bond donors (Lipinski definition) is 0. The highest BCUT2D eigenvalue weighted by Crippen LogP contribution is 2.40. The molecule has 3 rings (SSSR count). The van der Waals surface area contributed by atoms with Gasteiger partial charge in [0.05, 0.1) is 33.8 Å². The van der Waals surface area contributed by atoms with Gasteiger partial charge >= 0.3 is 0 Å². The van der Waals surface area contributed by atoms with E-state index in [9.17, 15) is 4.79 Å². The van der Waals surface area contributed by atoms with Crippen LogP contribution in [0.5, 0.6) is 11.5 Å². The third-order valence-corrected chi connectivity index (χ3v) is 5.16. The van der Waals surface area contributed by atoms with Gasteiger partial charge in [0.25, 0.3) is 0 Å². The highest BCUT2D eigenvalue weighted by molar-refractivity contribution is 9.10. The third kappa shape index (κ3) is 2.05. The second kappa shape index (κ2) is 5.03. The molecular formula is C14H10BrNO3S. The summed E-state index contributed by atoms with van der Waals surface area (Å²) >= 11 is 4.82. The fraction of sp³-hybridized carbons (Fsp3) is 0.143. The van der Waals surface area contributed by atoms with Gasteiger partial charge in [-0.3, -0.25) is 4.79 Å². The highest BCUT2D eigenvalue weighted by atomic mass is 79.9. The maximum Gasteiger partial charge on any atom is 0.198 e. The zero-order chi connectivity index (χ0) is 14.3. The second-order valence-electron chi connectivity index (χ2n) is 4.12. The Balaban J connectivity index is 2.43. The van der Waals surface area contributed by atoms with Gasteiger partial charge in [-0.05, 0) is 34.1 Å². The van der Waals surface area contributed by atoms with Gasteiger partial charge in [0.15, 0.2) is 5.43 Å². The molecule has 0 amide bonds. The van der Waals surface area contributed by atoms with E-state index in [1.165, 1.54) is 24.5 Å². The minimum absolute atomic E-state index is 0.116. The van der Waals surface area contributed by atoms with E-state index < -0.39 is 0 Å². The average molecular weight is 352 g/mol. The Kier molecular flexibility index (Phi) is 3.35. The second-order valence-corrected chi connectivity index (χ2v) is 5.96. The van der Waals surface area contributed by atoms with Gasteiger partial charge in [-0.1, -0.05) is 0 Å². The largest absolute Gasteiger partial charge is 0.497 e. The topological polar surface area (TPSA) is 48.4 Å². The standard InChI is InChI=1S/C14H10BrNO3S/c1-18-7-3-4-8-11(5-7)20-14-12(15)9(17)6-10(19-2)13(14)16-8/h3-6H,1-2H3. The normalized spacial score (nSPS) is 10.9. The Morgan fingerprint density at radius 3 is 2.70 bits per heavy atom. The van der Waals surface area contributed by atoms with Gasteiger partial charge in [-0.25, -0.2) is 4.98 Å². The third-order valence-electron chi connectivity index (χ3n) is 2.96. The van der Waals surface area contributed by atoms with Crippen molar-refractivity contribution in [1.82, 2.24) is 4.98 Å². The van der Waals surface area contributed by atoms with Crippen LogP contribution < -0.4 is 14.9 Å². The molecule has 0 fully saturated rings. The highest BCUT2D eigenvalue weighted by Gasteiger charge is 2.19. The lowest BCUT2D eigenvalue weighted by molar-refractivity contribution is 0.414. The van der Waals surface area contributed by atoms with E-state index in [1.54, 1.807) is 7.11 Å². The van der Waals surface area contributed by atoms with Gasteiger partial charge in [0.1, 0.15) is 17.2 Å². The van der Waals surface area contributed by atoms with Crippen molar-refractivity contribution in [2.75, 3.05) is 14.2 Å². The first-order chi connectivity index (χ1) is 9.63. The minimum Gasteiger partial charge on any atom is -0.497 e. The summed E-state index contributed by atoms with van der Waals surface area (Å²) in [6, 6.07) is 7.10. The molecule has 1 heterocycles. The number of nitrogens with zero attached hydrogens (tertiary/aromatic N) is 1. The molecule has 0 bridgehead atoms. The Morgan fingerprint density at radius 2 is 2.00 bits per heavy atom. The molecule has 0 saturated carbocycles. The van der Waals surface area contributed by atoms with Crippen LogP contribution in [0.1, 0.15) is 0 Å². The van der Waals surface area contributed by atoms with Crippen molar-refractivity contribution >= 4 is 37.5 Å².